The summed E-state index contributed by atoms with van der Waals surface area (Å²) in [4.78, 5) is 19.8. The molecule has 2 unspecified atom stereocenters. The maximum absolute atomic E-state index is 12.7. The number of amides is 1. The Morgan fingerprint density at radius 3 is 2.33 bits per heavy atom. The Morgan fingerprint density at radius 1 is 1.04 bits per heavy atom. The van der Waals surface area contributed by atoms with Crippen molar-refractivity contribution in [3.63, 3.8) is 0 Å². The number of likely N-dealkylation sites (tertiary alicyclic amines) is 1. The number of carbonyl (C=O) groups excluding carboxylic acids is 1. The number of piperazine rings is 1. The van der Waals surface area contributed by atoms with E-state index in [-0.39, 0.29) is 18.1 Å². The van der Waals surface area contributed by atoms with Crippen LogP contribution in [0.4, 0.5) is 0 Å². The lowest BCUT2D eigenvalue weighted by Gasteiger charge is -2.39. The average molecular weight is 338 g/mol. The molecule has 1 N–H and O–H groups in total. The number of rotatable bonds is 4. The molecule has 3 rings (SSSR count). The highest BCUT2D eigenvalue weighted by Gasteiger charge is 2.33. The summed E-state index contributed by atoms with van der Waals surface area (Å²) in [6.45, 7) is 14.1. The highest BCUT2D eigenvalue weighted by molar-refractivity contribution is 5.82. The molecule has 0 aromatic carbocycles. The Morgan fingerprint density at radius 2 is 1.71 bits per heavy atom. The van der Waals surface area contributed by atoms with Crippen molar-refractivity contribution in [1.29, 1.82) is 0 Å². The zero-order valence-electron chi connectivity index (χ0n) is 15.5. The minimum Gasteiger partial charge on any atom is -0.375 e. The van der Waals surface area contributed by atoms with Gasteiger partial charge in [-0.25, -0.2) is 0 Å². The molecule has 0 aromatic rings. The zero-order chi connectivity index (χ0) is 17.1. The molecule has 1 amide bonds. The van der Waals surface area contributed by atoms with Gasteiger partial charge in [-0.15, -0.1) is 0 Å². The largest absolute Gasteiger partial charge is 0.375 e. The molecule has 0 spiro atoms. The van der Waals surface area contributed by atoms with Crippen LogP contribution in [0, 0.1) is 0 Å². The maximum atomic E-state index is 12.7. The van der Waals surface area contributed by atoms with Crippen LogP contribution in [0.5, 0.6) is 0 Å². The van der Waals surface area contributed by atoms with Crippen LogP contribution < -0.4 is 5.32 Å². The van der Waals surface area contributed by atoms with Gasteiger partial charge in [0.1, 0.15) is 6.04 Å². The smallest absolute Gasteiger partial charge is 0.242 e. The number of hydrogen-bond acceptors (Lipinski definition) is 5. The summed E-state index contributed by atoms with van der Waals surface area (Å²) in [7, 11) is 0. The Balaban J connectivity index is 1.41. The topological polar surface area (TPSA) is 48.0 Å². The van der Waals surface area contributed by atoms with Crippen molar-refractivity contribution in [3.8, 4) is 0 Å². The van der Waals surface area contributed by atoms with Crippen LogP contribution in [0.1, 0.15) is 33.6 Å². The van der Waals surface area contributed by atoms with Gasteiger partial charge in [-0.3, -0.25) is 14.6 Å². The molecule has 0 aromatic heterocycles. The highest BCUT2D eigenvalue weighted by Crippen LogP contribution is 2.23. The fraction of sp³-hybridized carbons (Fsp3) is 0.944. The second-order valence-electron chi connectivity index (χ2n) is 7.69. The van der Waals surface area contributed by atoms with E-state index in [0.717, 1.165) is 57.9 Å². The third kappa shape index (κ3) is 4.10. The lowest BCUT2D eigenvalue weighted by molar-refractivity contribution is -0.141. The van der Waals surface area contributed by atoms with Crippen LogP contribution in [0.3, 0.4) is 0 Å². The van der Waals surface area contributed by atoms with Gasteiger partial charge in [0, 0.05) is 57.9 Å². The van der Waals surface area contributed by atoms with Crippen molar-refractivity contribution in [2.75, 3.05) is 52.4 Å². The van der Waals surface area contributed by atoms with Crippen LogP contribution in [0.25, 0.3) is 0 Å². The van der Waals surface area contributed by atoms with Crippen LogP contribution in [0.2, 0.25) is 0 Å². The van der Waals surface area contributed by atoms with Gasteiger partial charge in [0.2, 0.25) is 5.91 Å². The number of morpholine rings is 1. The van der Waals surface area contributed by atoms with Gasteiger partial charge >= 0.3 is 0 Å². The first-order chi connectivity index (χ1) is 11.6. The summed E-state index contributed by atoms with van der Waals surface area (Å²) < 4.78 is 5.61. The van der Waals surface area contributed by atoms with E-state index in [2.05, 4.69) is 29.0 Å². The predicted molar refractivity (Wildman–Crippen MR) is 95.1 cm³/mol. The molecule has 0 aliphatic carbocycles. The molecule has 24 heavy (non-hydrogen) atoms. The molecule has 3 aliphatic heterocycles. The van der Waals surface area contributed by atoms with Gasteiger partial charge in [0.25, 0.3) is 0 Å². The number of nitrogens with one attached hydrogen (secondary N) is 1. The van der Waals surface area contributed by atoms with Crippen molar-refractivity contribution < 1.29 is 9.53 Å². The Bertz CT molecular complexity index is 415. The molecule has 6 heteroatoms. The van der Waals surface area contributed by atoms with Crippen molar-refractivity contribution >= 4 is 5.91 Å². The van der Waals surface area contributed by atoms with E-state index in [0.29, 0.717) is 6.61 Å². The number of ether oxygens (including phenoxy) is 1. The summed E-state index contributed by atoms with van der Waals surface area (Å²) in [5.74, 6) is 0.212. The van der Waals surface area contributed by atoms with E-state index in [1.807, 2.05) is 11.8 Å². The van der Waals surface area contributed by atoms with Gasteiger partial charge < -0.3 is 15.0 Å². The highest BCUT2D eigenvalue weighted by atomic mass is 16.5. The molecule has 3 aliphatic rings. The van der Waals surface area contributed by atoms with E-state index in [4.69, 9.17) is 4.74 Å². The molecule has 3 saturated heterocycles. The second kappa shape index (κ2) is 8.13. The SMILES string of the molecule is CC1CCC(C)N1CCN1CCN(C(=O)[C@H]2NCCO[C@@H]2C)CC1. The minimum absolute atomic E-state index is 0.0255. The monoisotopic (exact) mass is 338 g/mol. The molecule has 4 atom stereocenters. The van der Waals surface area contributed by atoms with E-state index >= 15 is 0 Å². The lowest BCUT2D eigenvalue weighted by Crippen LogP contribution is -2.60. The number of hydrogen-bond donors (Lipinski definition) is 1. The number of nitrogens with zero attached hydrogens (tertiary/aromatic N) is 3. The number of carbonyl (C=O) groups is 1. The molecule has 0 saturated carbocycles. The van der Waals surface area contributed by atoms with E-state index < -0.39 is 0 Å². The quantitative estimate of drug-likeness (QED) is 0.803. The van der Waals surface area contributed by atoms with Crippen LogP contribution in [-0.2, 0) is 9.53 Å². The fourth-order valence-corrected chi connectivity index (χ4v) is 4.34. The van der Waals surface area contributed by atoms with Crippen molar-refractivity contribution in [3.05, 3.63) is 0 Å². The summed E-state index contributed by atoms with van der Waals surface area (Å²) >= 11 is 0. The Kier molecular flexibility index (Phi) is 6.13. The summed E-state index contributed by atoms with van der Waals surface area (Å²) in [6, 6.07) is 1.28. The van der Waals surface area contributed by atoms with Gasteiger partial charge in [-0.1, -0.05) is 0 Å². The van der Waals surface area contributed by atoms with Crippen LogP contribution in [-0.4, -0.2) is 97.3 Å². The molecule has 6 nitrogen and oxygen atoms in total. The molecule has 0 radical (unpaired) electrons. The lowest BCUT2D eigenvalue weighted by atomic mass is 10.1. The van der Waals surface area contributed by atoms with Gasteiger partial charge in [0.05, 0.1) is 12.7 Å². The van der Waals surface area contributed by atoms with E-state index in [9.17, 15) is 4.79 Å². The first kappa shape index (κ1) is 18.1. The fourth-order valence-electron chi connectivity index (χ4n) is 4.34. The maximum Gasteiger partial charge on any atom is 0.242 e. The summed E-state index contributed by atoms with van der Waals surface area (Å²) in [6.07, 6.45) is 2.64. The van der Waals surface area contributed by atoms with Crippen molar-refractivity contribution in [1.82, 2.24) is 20.0 Å². The molecule has 3 heterocycles. The molecular formula is C18H34N4O2. The van der Waals surface area contributed by atoms with Crippen LogP contribution in [0.15, 0.2) is 0 Å². The zero-order valence-corrected chi connectivity index (χ0v) is 15.5. The van der Waals surface area contributed by atoms with E-state index in [1.54, 1.807) is 0 Å². The Hall–Kier alpha value is -0.690. The van der Waals surface area contributed by atoms with Crippen molar-refractivity contribution in [2.45, 2.75) is 57.8 Å². The minimum atomic E-state index is -0.170. The van der Waals surface area contributed by atoms with Crippen molar-refractivity contribution in [2.24, 2.45) is 0 Å². The normalized spacial score (nSPS) is 36.2. The molecule has 138 valence electrons. The first-order valence-electron chi connectivity index (χ1n) is 9.68. The predicted octanol–water partition coefficient (Wildman–Crippen LogP) is 0.380. The molecule has 0 bridgehead atoms. The molecular weight excluding hydrogens is 304 g/mol. The third-order valence-corrected chi connectivity index (χ3v) is 6.08. The summed E-state index contributed by atoms with van der Waals surface area (Å²) in [5.41, 5.74) is 0. The van der Waals surface area contributed by atoms with Gasteiger partial charge in [0.15, 0.2) is 0 Å². The second-order valence-corrected chi connectivity index (χ2v) is 7.69. The first-order valence-corrected chi connectivity index (χ1v) is 9.68. The standard InChI is InChI=1S/C18H34N4O2/c1-14-4-5-15(2)22(14)12-9-20-7-10-21(11-8-20)18(23)17-16(3)24-13-6-19-17/h14-17,19H,4-13H2,1-3H3/t14?,15?,16-,17+/m1/s1. The van der Waals surface area contributed by atoms with Gasteiger partial charge in [-0.05, 0) is 33.6 Å². The summed E-state index contributed by atoms with van der Waals surface area (Å²) in [5, 5.41) is 3.31. The molecule has 3 fully saturated rings. The average Bonchev–Trinajstić information content (AvgIpc) is 2.91. The third-order valence-electron chi connectivity index (χ3n) is 6.08. The Labute approximate surface area is 146 Å². The van der Waals surface area contributed by atoms with Gasteiger partial charge in [-0.2, -0.15) is 0 Å². The van der Waals surface area contributed by atoms with E-state index in [1.165, 1.54) is 12.8 Å². The van der Waals surface area contributed by atoms with Crippen LogP contribution >= 0.6 is 0 Å².